The van der Waals surface area contributed by atoms with Crippen LogP contribution in [0.2, 0.25) is 0 Å². The number of aldehydes is 1. The maximum absolute atomic E-state index is 12.3. The molecule has 134 valence electrons. The highest BCUT2D eigenvalue weighted by Gasteiger charge is 2.23. The third-order valence-electron chi connectivity index (χ3n) is 4.76. The van der Waals surface area contributed by atoms with Crippen molar-refractivity contribution in [2.75, 3.05) is 13.1 Å². The first-order chi connectivity index (χ1) is 12.5. The van der Waals surface area contributed by atoms with Crippen molar-refractivity contribution in [1.29, 1.82) is 0 Å². The van der Waals surface area contributed by atoms with E-state index in [9.17, 15) is 9.59 Å². The Labute approximate surface area is 151 Å². The zero-order chi connectivity index (χ0) is 18.3. The first kappa shape index (κ1) is 16.5. The Bertz CT molecular complexity index is 981. The number of fused-ring (bicyclic) bond motifs is 1. The summed E-state index contributed by atoms with van der Waals surface area (Å²) in [5.41, 5.74) is 2.59. The summed E-state index contributed by atoms with van der Waals surface area (Å²) in [4.78, 5) is 37.6. The van der Waals surface area contributed by atoms with Crippen LogP contribution in [-0.2, 0) is 11.2 Å². The SMILES string of the molecule is CC(C)(C=O)Cc1c[nH]c2ncc(-n3ccc(C(=O)N4CCC4)c3)nc12. The van der Waals surface area contributed by atoms with Crippen molar-refractivity contribution in [2.24, 2.45) is 5.41 Å². The molecule has 1 aliphatic heterocycles. The summed E-state index contributed by atoms with van der Waals surface area (Å²) in [5, 5.41) is 0. The van der Waals surface area contributed by atoms with Crippen molar-refractivity contribution >= 4 is 23.4 Å². The molecule has 0 aliphatic carbocycles. The van der Waals surface area contributed by atoms with Gasteiger partial charge in [-0.1, -0.05) is 13.8 Å². The molecule has 0 spiro atoms. The fourth-order valence-corrected chi connectivity index (χ4v) is 3.09. The van der Waals surface area contributed by atoms with Crippen molar-refractivity contribution in [3.05, 3.63) is 42.0 Å². The molecule has 1 aliphatic rings. The molecule has 7 nitrogen and oxygen atoms in total. The predicted octanol–water partition coefficient (Wildman–Crippen LogP) is 2.36. The van der Waals surface area contributed by atoms with Crippen molar-refractivity contribution in [2.45, 2.75) is 26.7 Å². The van der Waals surface area contributed by atoms with Gasteiger partial charge < -0.3 is 19.2 Å². The average Bonchev–Trinajstić information content (AvgIpc) is 3.20. The minimum absolute atomic E-state index is 0.0547. The van der Waals surface area contributed by atoms with E-state index in [1.54, 1.807) is 23.0 Å². The molecule has 3 aromatic heterocycles. The van der Waals surface area contributed by atoms with Gasteiger partial charge in [0, 0.05) is 37.1 Å². The lowest BCUT2D eigenvalue weighted by molar-refractivity contribution is -0.114. The lowest BCUT2D eigenvalue weighted by Gasteiger charge is -2.30. The van der Waals surface area contributed by atoms with E-state index in [-0.39, 0.29) is 5.91 Å². The highest BCUT2D eigenvalue weighted by atomic mass is 16.2. The fourth-order valence-electron chi connectivity index (χ4n) is 3.09. The Hall–Kier alpha value is -2.96. The first-order valence-corrected chi connectivity index (χ1v) is 8.74. The van der Waals surface area contributed by atoms with Crippen molar-refractivity contribution in [3.8, 4) is 5.82 Å². The molecule has 1 fully saturated rings. The van der Waals surface area contributed by atoms with Crippen LogP contribution in [0.4, 0.5) is 0 Å². The summed E-state index contributed by atoms with van der Waals surface area (Å²) in [5.74, 6) is 0.698. The smallest absolute Gasteiger partial charge is 0.255 e. The van der Waals surface area contributed by atoms with Gasteiger partial charge in [0.05, 0.1) is 11.8 Å². The summed E-state index contributed by atoms with van der Waals surface area (Å²) in [6.07, 6.45) is 9.76. The summed E-state index contributed by atoms with van der Waals surface area (Å²) in [6, 6.07) is 1.81. The Kier molecular flexibility index (Phi) is 3.86. The molecule has 0 atom stereocenters. The quantitative estimate of drug-likeness (QED) is 0.715. The topological polar surface area (TPSA) is 83.9 Å². The molecule has 1 saturated heterocycles. The molecule has 0 radical (unpaired) electrons. The van der Waals surface area contributed by atoms with Gasteiger partial charge in [0.25, 0.3) is 5.91 Å². The maximum atomic E-state index is 12.3. The van der Waals surface area contributed by atoms with Crippen LogP contribution in [0.3, 0.4) is 0 Å². The molecule has 0 saturated carbocycles. The fraction of sp³-hybridized carbons (Fsp3) is 0.368. The van der Waals surface area contributed by atoms with Crippen LogP contribution in [0.5, 0.6) is 0 Å². The van der Waals surface area contributed by atoms with E-state index in [0.29, 0.717) is 23.4 Å². The van der Waals surface area contributed by atoms with E-state index in [4.69, 9.17) is 4.98 Å². The lowest BCUT2D eigenvalue weighted by atomic mass is 9.88. The number of amides is 1. The van der Waals surface area contributed by atoms with Gasteiger partial charge in [-0.15, -0.1) is 0 Å². The molecular formula is C19H21N5O2. The normalized spacial score (nSPS) is 14.5. The monoisotopic (exact) mass is 351 g/mol. The van der Waals surface area contributed by atoms with E-state index >= 15 is 0 Å². The molecular weight excluding hydrogens is 330 g/mol. The molecule has 3 aromatic rings. The van der Waals surface area contributed by atoms with Crippen LogP contribution in [0.1, 0.15) is 36.2 Å². The Morgan fingerprint density at radius 3 is 2.88 bits per heavy atom. The van der Waals surface area contributed by atoms with Gasteiger partial charge in [0.1, 0.15) is 11.8 Å². The number of aromatic nitrogens is 4. The standard InChI is InChI=1S/C19H21N5O2/c1-19(2,12-25)8-14-9-20-17-16(14)22-15(10-21-17)24-7-4-13(11-24)18(26)23-5-3-6-23/h4,7,9-12H,3,5-6,8H2,1-2H3,(H,20,21). The van der Waals surface area contributed by atoms with E-state index in [1.165, 1.54) is 0 Å². The van der Waals surface area contributed by atoms with Crippen LogP contribution in [0.15, 0.2) is 30.9 Å². The van der Waals surface area contributed by atoms with E-state index < -0.39 is 5.41 Å². The van der Waals surface area contributed by atoms with Crippen LogP contribution >= 0.6 is 0 Å². The van der Waals surface area contributed by atoms with Crippen LogP contribution in [0.25, 0.3) is 17.0 Å². The first-order valence-electron chi connectivity index (χ1n) is 8.74. The van der Waals surface area contributed by atoms with Crippen LogP contribution in [0, 0.1) is 5.41 Å². The molecule has 0 unspecified atom stereocenters. The molecule has 26 heavy (non-hydrogen) atoms. The molecule has 1 amide bonds. The van der Waals surface area contributed by atoms with Gasteiger partial charge in [0.2, 0.25) is 0 Å². The number of likely N-dealkylation sites (tertiary alicyclic amines) is 1. The van der Waals surface area contributed by atoms with Gasteiger partial charge in [0.15, 0.2) is 11.5 Å². The molecule has 0 bridgehead atoms. The average molecular weight is 351 g/mol. The number of nitrogens with zero attached hydrogens (tertiary/aromatic N) is 4. The number of H-pyrrole nitrogens is 1. The molecule has 7 heteroatoms. The number of rotatable bonds is 5. The number of nitrogens with one attached hydrogen (secondary N) is 1. The number of aromatic amines is 1. The third-order valence-corrected chi connectivity index (χ3v) is 4.76. The van der Waals surface area contributed by atoms with Gasteiger partial charge in [-0.3, -0.25) is 4.79 Å². The second-order valence-corrected chi connectivity index (χ2v) is 7.48. The largest absolute Gasteiger partial charge is 0.345 e. The number of hydrogen-bond acceptors (Lipinski definition) is 4. The molecule has 1 N–H and O–H groups in total. The van der Waals surface area contributed by atoms with Crippen molar-refractivity contribution in [3.63, 3.8) is 0 Å². The second-order valence-electron chi connectivity index (χ2n) is 7.48. The Morgan fingerprint density at radius 1 is 1.38 bits per heavy atom. The second kappa shape index (κ2) is 6.09. The summed E-state index contributed by atoms with van der Waals surface area (Å²) < 4.78 is 1.81. The zero-order valence-corrected chi connectivity index (χ0v) is 14.9. The third kappa shape index (κ3) is 2.89. The van der Waals surface area contributed by atoms with Gasteiger partial charge in [-0.05, 0) is 24.5 Å². The van der Waals surface area contributed by atoms with Crippen LogP contribution in [-0.4, -0.2) is 49.7 Å². The van der Waals surface area contributed by atoms with Crippen LogP contribution < -0.4 is 0 Å². The Morgan fingerprint density at radius 2 is 2.19 bits per heavy atom. The van der Waals surface area contributed by atoms with Gasteiger partial charge in [-0.2, -0.15) is 0 Å². The molecule has 0 aromatic carbocycles. The minimum Gasteiger partial charge on any atom is -0.345 e. The zero-order valence-electron chi connectivity index (χ0n) is 14.9. The van der Waals surface area contributed by atoms with E-state index in [0.717, 1.165) is 36.9 Å². The summed E-state index contributed by atoms with van der Waals surface area (Å²) >= 11 is 0. The van der Waals surface area contributed by atoms with Gasteiger partial charge >= 0.3 is 0 Å². The highest BCUT2D eigenvalue weighted by molar-refractivity contribution is 5.94. The van der Waals surface area contributed by atoms with E-state index in [1.807, 2.05) is 31.1 Å². The highest BCUT2D eigenvalue weighted by Crippen LogP contribution is 2.24. The number of hydrogen-bond donors (Lipinski definition) is 1. The molecule has 4 rings (SSSR count). The molecule has 4 heterocycles. The van der Waals surface area contributed by atoms with E-state index in [2.05, 4.69) is 9.97 Å². The number of carbonyl (C=O) groups is 2. The Balaban J connectivity index is 1.66. The summed E-state index contributed by atoms with van der Waals surface area (Å²) in [7, 11) is 0. The van der Waals surface area contributed by atoms with Gasteiger partial charge in [-0.25, -0.2) is 9.97 Å². The maximum Gasteiger partial charge on any atom is 0.255 e. The summed E-state index contributed by atoms with van der Waals surface area (Å²) in [6.45, 7) is 5.45. The lowest BCUT2D eigenvalue weighted by Crippen LogP contribution is -2.41. The predicted molar refractivity (Wildman–Crippen MR) is 97.3 cm³/mol. The minimum atomic E-state index is -0.461. The van der Waals surface area contributed by atoms with Crippen molar-refractivity contribution < 1.29 is 9.59 Å². The number of carbonyl (C=O) groups excluding carboxylic acids is 2. The van der Waals surface area contributed by atoms with Crippen molar-refractivity contribution in [1.82, 2.24) is 24.4 Å².